The standard InChI is InChI=1S/C21H23N5O3/c1-14(2)18(26-24-19(23-25-26)16-8-4-3-5-9-16)20(27)22-12-11-15-7-6-10-17(13-15)21(28)29/h3-10,13-14,18H,11-12H2,1-2H3,(H,22,27)(H,28,29). The Bertz CT molecular complexity index is 985. The molecule has 2 N–H and O–H groups in total. The number of aromatic carboxylic acids is 1. The van der Waals surface area contributed by atoms with Gasteiger partial charge in [0, 0.05) is 12.1 Å². The van der Waals surface area contributed by atoms with E-state index in [-0.39, 0.29) is 17.4 Å². The van der Waals surface area contributed by atoms with Gasteiger partial charge in [0.2, 0.25) is 11.7 Å². The summed E-state index contributed by atoms with van der Waals surface area (Å²) in [6, 6.07) is 15.6. The number of rotatable bonds is 8. The topological polar surface area (TPSA) is 110 Å². The van der Waals surface area contributed by atoms with E-state index in [0.29, 0.717) is 18.8 Å². The lowest BCUT2D eigenvalue weighted by Crippen LogP contribution is -2.37. The lowest BCUT2D eigenvalue weighted by molar-refractivity contribution is -0.126. The van der Waals surface area contributed by atoms with E-state index in [1.54, 1.807) is 18.2 Å². The Morgan fingerprint density at radius 1 is 1.10 bits per heavy atom. The monoisotopic (exact) mass is 393 g/mol. The summed E-state index contributed by atoms with van der Waals surface area (Å²) in [5.74, 6) is -0.744. The van der Waals surface area contributed by atoms with Crippen LogP contribution in [0.5, 0.6) is 0 Å². The van der Waals surface area contributed by atoms with Gasteiger partial charge in [-0.15, -0.1) is 10.2 Å². The molecule has 0 bridgehead atoms. The lowest BCUT2D eigenvalue weighted by atomic mass is 10.0. The second kappa shape index (κ2) is 9.09. The predicted molar refractivity (Wildman–Crippen MR) is 107 cm³/mol. The minimum Gasteiger partial charge on any atom is -0.478 e. The Morgan fingerprint density at radius 3 is 2.55 bits per heavy atom. The van der Waals surface area contributed by atoms with Crippen LogP contribution in [-0.2, 0) is 11.2 Å². The molecule has 1 amide bonds. The number of hydrogen-bond acceptors (Lipinski definition) is 5. The first-order valence-electron chi connectivity index (χ1n) is 9.40. The van der Waals surface area contributed by atoms with Crippen molar-refractivity contribution in [1.29, 1.82) is 0 Å². The van der Waals surface area contributed by atoms with Gasteiger partial charge in [-0.05, 0) is 35.2 Å². The number of hydrogen-bond donors (Lipinski definition) is 2. The van der Waals surface area contributed by atoms with Crippen molar-refractivity contribution in [3.05, 3.63) is 65.7 Å². The van der Waals surface area contributed by atoms with Crippen LogP contribution in [0.1, 0.15) is 35.8 Å². The van der Waals surface area contributed by atoms with Crippen LogP contribution in [0.25, 0.3) is 11.4 Å². The summed E-state index contributed by atoms with van der Waals surface area (Å²) >= 11 is 0. The first-order valence-corrected chi connectivity index (χ1v) is 9.40. The van der Waals surface area contributed by atoms with Crippen molar-refractivity contribution in [1.82, 2.24) is 25.5 Å². The van der Waals surface area contributed by atoms with Gasteiger partial charge in [0.1, 0.15) is 0 Å². The maximum absolute atomic E-state index is 12.8. The molecule has 3 aromatic rings. The molecule has 1 atom stereocenters. The third-order valence-electron chi connectivity index (χ3n) is 4.50. The second-order valence-electron chi connectivity index (χ2n) is 7.03. The molecule has 0 radical (unpaired) electrons. The molecule has 2 aromatic carbocycles. The van der Waals surface area contributed by atoms with Crippen molar-refractivity contribution in [2.45, 2.75) is 26.3 Å². The number of nitrogens with one attached hydrogen (secondary N) is 1. The SMILES string of the molecule is CC(C)C(C(=O)NCCc1cccc(C(=O)O)c1)n1nnc(-c2ccccc2)n1. The number of carboxylic acid groups (broad SMARTS) is 1. The van der Waals surface area contributed by atoms with Crippen molar-refractivity contribution in [3.63, 3.8) is 0 Å². The summed E-state index contributed by atoms with van der Waals surface area (Å²) in [5, 5.41) is 24.5. The molecular weight excluding hydrogens is 370 g/mol. The number of tetrazole rings is 1. The third kappa shape index (κ3) is 5.04. The molecule has 3 rings (SSSR count). The average molecular weight is 393 g/mol. The highest BCUT2D eigenvalue weighted by molar-refractivity contribution is 5.87. The Balaban J connectivity index is 1.65. The molecule has 8 nitrogen and oxygen atoms in total. The van der Waals surface area contributed by atoms with Crippen LogP contribution in [-0.4, -0.2) is 43.7 Å². The van der Waals surface area contributed by atoms with Crippen LogP contribution in [0.2, 0.25) is 0 Å². The Kier molecular flexibility index (Phi) is 6.33. The highest BCUT2D eigenvalue weighted by atomic mass is 16.4. The van der Waals surface area contributed by atoms with E-state index in [1.807, 2.05) is 50.2 Å². The van der Waals surface area contributed by atoms with Gasteiger partial charge in [-0.3, -0.25) is 4.79 Å². The summed E-state index contributed by atoms with van der Waals surface area (Å²) in [5.41, 5.74) is 1.91. The number of amides is 1. The fourth-order valence-electron chi connectivity index (χ4n) is 3.01. The molecule has 0 fully saturated rings. The molecule has 0 aliphatic heterocycles. The van der Waals surface area contributed by atoms with Gasteiger partial charge in [0.05, 0.1) is 5.56 Å². The van der Waals surface area contributed by atoms with E-state index in [9.17, 15) is 9.59 Å². The first kappa shape index (κ1) is 20.2. The van der Waals surface area contributed by atoms with Gasteiger partial charge in [0.15, 0.2) is 6.04 Å². The van der Waals surface area contributed by atoms with E-state index >= 15 is 0 Å². The zero-order valence-corrected chi connectivity index (χ0v) is 16.3. The van der Waals surface area contributed by atoms with Crippen LogP contribution in [0.15, 0.2) is 54.6 Å². The molecule has 1 aromatic heterocycles. The zero-order chi connectivity index (χ0) is 20.8. The second-order valence-corrected chi connectivity index (χ2v) is 7.03. The maximum Gasteiger partial charge on any atom is 0.335 e. The van der Waals surface area contributed by atoms with Gasteiger partial charge < -0.3 is 10.4 Å². The van der Waals surface area contributed by atoms with E-state index in [0.717, 1.165) is 11.1 Å². The fraction of sp³-hybridized carbons (Fsp3) is 0.286. The lowest BCUT2D eigenvalue weighted by Gasteiger charge is -2.18. The van der Waals surface area contributed by atoms with Crippen LogP contribution in [0, 0.1) is 5.92 Å². The van der Waals surface area contributed by atoms with Gasteiger partial charge in [0.25, 0.3) is 0 Å². The average Bonchev–Trinajstić information content (AvgIpc) is 3.18. The molecule has 29 heavy (non-hydrogen) atoms. The molecule has 0 spiro atoms. The third-order valence-corrected chi connectivity index (χ3v) is 4.50. The number of benzene rings is 2. The number of carboxylic acids is 1. The quantitative estimate of drug-likeness (QED) is 0.609. The summed E-state index contributed by atoms with van der Waals surface area (Å²) in [6.07, 6.45) is 0.526. The predicted octanol–water partition coefficient (Wildman–Crippen LogP) is 2.59. The van der Waals surface area contributed by atoms with Gasteiger partial charge in [-0.1, -0.05) is 56.3 Å². The molecule has 1 unspecified atom stereocenters. The normalized spacial score (nSPS) is 12.0. The molecule has 0 saturated heterocycles. The van der Waals surface area contributed by atoms with Crippen molar-refractivity contribution >= 4 is 11.9 Å². The Hall–Kier alpha value is -3.55. The van der Waals surface area contributed by atoms with E-state index < -0.39 is 12.0 Å². The Morgan fingerprint density at radius 2 is 1.86 bits per heavy atom. The Labute approximate surface area is 168 Å². The molecule has 150 valence electrons. The summed E-state index contributed by atoms with van der Waals surface area (Å²) in [6.45, 7) is 4.23. The van der Waals surface area contributed by atoms with Gasteiger partial charge in [-0.25, -0.2) is 4.79 Å². The molecule has 8 heteroatoms. The summed E-state index contributed by atoms with van der Waals surface area (Å²) in [7, 11) is 0. The molecule has 1 heterocycles. The molecule has 0 aliphatic carbocycles. The van der Waals surface area contributed by atoms with E-state index in [2.05, 4.69) is 20.7 Å². The number of aromatic nitrogens is 4. The van der Waals surface area contributed by atoms with Crippen LogP contribution in [0.4, 0.5) is 0 Å². The largest absolute Gasteiger partial charge is 0.478 e. The molecule has 0 aliphatic rings. The molecule has 0 saturated carbocycles. The fourth-order valence-corrected chi connectivity index (χ4v) is 3.01. The summed E-state index contributed by atoms with van der Waals surface area (Å²) in [4.78, 5) is 25.2. The number of carbonyl (C=O) groups excluding carboxylic acids is 1. The summed E-state index contributed by atoms with van der Waals surface area (Å²) < 4.78 is 0. The maximum atomic E-state index is 12.8. The minimum absolute atomic E-state index is 0.0387. The smallest absolute Gasteiger partial charge is 0.335 e. The zero-order valence-electron chi connectivity index (χ0n) is 16.3. The van der Waals surface area contributed by atoms with Gasteiger partial charge >= 0.3 is 5.97 Å². The van der Waals surface area contributed by atoms with E-state index in [1.165, 1.54) is 4.80 Å². The highest BCUT2D eigenvalue weighted by Gasteiger charge is 2.27. The number of nitrogens with zero attached hydrogens (tertiary/aromatic N) is 4. The minimum atomic E-state index is -0.970. The van der Waals surface area contributed by atoms with Crippen LogP contribution < -0.4 is 5.32 Å². The number of carbonyl (C=O) groups is 2. The van der Waals surface area contributed by atoms with Crippen molar-refractivity contribution in [2.75, 3.05) is 6.54 Å². The first-order chi connectivity index (χ1) is 14.0. The van der Waals surface area contributed by atoms with Crippen LogP contribution in [0.3, 0.4) is 0 Å². The van der Waals surface area contributed by atoms with Crippen molar-refractivity contribution in [3.8, 4) is 11.4 Å². The van der Waals surface area contributed by atoms with Crippen molar-refractivity contribution in [2.24, 2.45) is 5.92 Å². The van der Waals surface area contributed by atoms with Crippen molar-refractivity contribution < 1.29 is 14.7 Å². The van der Waals surface area contributed by atoms with E-state index in [4.69, 9.17) is 5.11 Å². The highest BCUT2D eigenvalue weighted by Crippen LogP contribution is 2.18. The van der Waals surface area contributed by atoms with Crippen LogP contribution >= 0.6 is 0 Å². The van der Waals surface area contributed by atoms with Gasteiger partial charge in [-0.2, -0.15) is 4.80 Å². The molecular formula is C21H23N5O3.